The summed E-state index contributed by atoms with van der Waals surface area (Å²) in [6.45, 7) is 1.16. The maximum absolute atomic E-state index is 12.9. The number of aromatic nitrogens is 2. The van der Waals surface area contributed by atoms with Crippen LogP contribution in [-0.4, -0.2) is 49.4 Å². The molecule has 0 radical (unpaired) electrons. The van der Waals surface area contributed by atoms with E-state index >= 15 is 0 Å². The van der Waals surface area contributed by atoms with Crippen molar-refractivity contribution < 1.29 is 23.7 Å². The molecule has 1 N–H and O–H groups in total. The van der Waals surface area contributed by atoms with Crippen molar-refractivity contribution in [2.75, 3.05) is 27.4 Å². The molecule has 2 aromatic carbocycles. The van der Waals surface area contributed by atoms with Gasteiger partial charge in [-0.05, 0) is 61.4 Å². The number of rotatable bonds is 8. The predicted octanol–water partition coefficient (Wildman–Crippen LogP) is 3.86. The number of ether oxygens (including phenoxy) is 4. The third-order valence-corrected chi connectivity index (χ3v) is 5.13. The molecule has 1 saturated heterocycles. The quantitative estimate of drug-likeness (QED) is 0.574. The lowest BCUT2D eigenvalue weighted by atomic mass is 10.2. The van der Waals surface area contributed by atoms with Gasteiger partial charge < -0.3 is 24.3 Å². The molecule has 1 aliphatic heterocycles. The molecule has 0 aliphatic carbocycles. The minimum Gasteiger partial charge on any atom is -0.497 e. The number of carbonyl (C=O) groups is 1. The van der Waals surface area contributed by atoms with Crippen LogP contribution in [0.25, 0.3) is 11.4 Å². The summed E-state index contributed by atoms with van der Waals surface area (Å²) in [6.07, 6.45) is 3.45. The summed E-state index contributed by atoms with van der Waals surface area (Å²) in [7, 11) is 3.20. The van der Waals surface area contributed by atoms with Crippen LogP contribution < -0.4 is 19.5 Å². The van der Waals surface area contributed by atoms with Gasteiger partial charge >= 0.3 is 0 Å². The van der Waals surface area contributed by atoms with Crippen LogP contribution in [0.2, 0.25) is 0 Å². The van der Waals surface area contributed by atoms with Gasteiger partial charge in [0, 0.05) is 24.9 Å². The van der Waals surface area contributed by atoms with Crippen LogP contribution in [0.5, 0.6) is 23.1 Å². The molecule has 8 heteroatoms. The first-order chi connectivity index (χ1) is 15.7. The van der Waals surface area contributed by atoms with E-state index in [-0.39, 0.29) is 23.5 Å². The maximum atomic E-state index is 12.9. The number of hydrogen-bond donors (Lipinski definition) is 1. The molecule has 1 aliphatic rings. The first-order valence-corrected chi connectivity index (χ1v) is 10.4. The van der Waals surface area contributed by atoms with E-state index in [0.29, 0.717) is 23.9 Å². The van der Waals surface area contributed by atoms with Gasteiger partial charge in [0.15, 0.2) is 5.82 Å². The molecule has 3 aromatic rings. The molecule has 4 rings (SSSR count). The Kier molecular flexibility index (Phi) is 6.81. The van der Waals surface area contributed by atoms with Gasteiger partial charge in [0.05, 0.1) is 20.3 Å². The van der Waals surface area contributed by atoms with Crippen LogP contribution in [0.15, 0.2) is 54.7 Å². The first-order valence-electron chi connectivity index (χ1n) is 10.4. The zero-order chi connectivity index (χ0) is 22.3. The Balaban J connectivity index is 1.61. The summed E-state index contributed by atoms with van der Waals surface area (Å²) in [5.41, 5.74) is 1.02. The molecule has 1 fully saturated rings. The lowest BCUT2D eigenvalue weighted by Crippen LogP contribution is -2.32. The molecule has 0 spiro atoms. The summed E-state index contributed by atoms with van der Waals surface area (Å²) >= 11 is 0. The number of nitrogens with zero attached hydrogens (tertiary/aromatic N) is 2. The van der Waals surface area contributed by atoms with Crippen LogP contribution in [0, 0.1) is 0 Å². The Morgan fingerprint density at radius 2 is 1.69 bits per heavy atom. The normalized spacial score (nSPS) is 15.2. The first kappa shape index (κ1) is 21.6. The largest absolute Gasteiger partial charge is 0.497 e. The molecular formula is C24H25N3O5. The molecule has 8 nitrogen and oxygen atoms in total. The van der Waals surface area contributed by atoms with E-state index < -0.39 is 0 Å². The Morgan fingerprint density at radius 3 is 2.31 bits per heavy atom. The highest BCUT2D eigenvalue weighted by Gasteiger charge is 2.21. The lowest BCUT2D eigenvalue weighted by Gasteiger charge is -2.14. The molecule has 1 atom stereocenters. The number of methoxy groups -OCH3 is 2. The Bertz CT molecular complexity index is 1050. The summed E-state index contributed by atoms with van der Waals surface area (Å²) in [4.78, 5) is 21.8. The number of benzene rings is 2. The van der Waals surface area contributed by atoms with Crippen LogP contribution in [0.4, 0.5) is 0 Å². The third kappa shape index (κ3) is 5.15. The van der Waals surface area contributed by atoms with Crippen molar-refractivity contribution in [3.63, 3.8) is 0 Å². The van der Waals surface area contributed by atoms with E-state index in [1.54, 1.807) is 38.5 Å². The van der Waals surface area contributed by atoms with Crippen molar-refractivity contribution in [3.8, 4) is 34.5 Å². The zero-order valence-corrected chi connectivity index (χ0v) is 18.0. The topological polar surface area (TPSA) is 91.8 Å². The maximum Gasteiger partial charge on any atom is 0.258 e. The van der Waals surface area contributed by atoms with Gasteiger partial charge in [-0.15, -0.1) is 0 Å². The van der Waals surface area contributed by atoms with E-state index in [9.17, 15) is 4.79 Å². The summed E-state index contributed by atoms with van der Waals surface area (Å²) < 4.78 is 22.0. The molecule has 0 bridgehead atoms. The predicted molar refractivity (Wildman–Crippen MR) is 118 cm³/mol. The highest BCUT2D eigenvalue weighted by molar-refractivity contribution is 5.96. The molecule has 1 amide bonds. The Hall–Kier alpha value is -3.65. The molecule has 2 heterocycles. The van der Waals surface area contributed by atoms with Crippen molar-refractivity contribution in [1.82, 2.24) is 15.3 Å². The van der Waals surface area contributed by atoms with Crippen LogP contribution in [0.3, 0.4) is 0 Å². The van der Waals surface area contributed by atoms with Crippen molar-refractivity contribution in [1.29, 1.82) is 0 Å². The summed E-state index contributed by atoms with van der Waals surface area (Å²) in [5.74, 6) is 2.25. The van der Waals surface area contributed by atoms with E-state index in [1.807, 2.05) is 24.3 Å². The highest BCUT2D eigenvalue weighted by Crippen LogP contribution is 2.28. The molecule has 0 saturated carbocycles. The number of carbonyl (C=O) groups excluding carboxylic acids is 1. The molecule has 1 unspecified atom stereocenters. The van der Waals surface area contributed by atoms with Crippen molar-refractivity contribution >= 4 is 5.91 Å². The molecule has 32 heavy (non-hydrogen) atoms. The van der Waals surface area contributed by atoms with Crippen molar-refractivity contribution in [2.24, 2.45) is 0 Å². The number of nitrogens with one attached hydrogen (secondary N) is 1. The van der Waals surface area contributed by atoms with Crippen LogP contribution in [-0.2, 0) is 4.74 Å². The van der Waals surface area contributed by atoms with Gasteiger partial charge in [0.1, 0.15) is 22.8 Å². The van der Waals surface area contributed by atoms with Gasteiger partial charge in [-0.3, -0.25) is 4.79 Å². The van der Waals surface area contributed by atoms with Gasteiger partial charge in [-0.1, -0.05) is 0 Å². The van der Waals surface area contributed by atoms with Crippen LogP contribution >= 0.6 is 0 Å². The van der Waals surface area contributed by atoms with Crippen molar-refractivity contribution in [2.45, 2.75) is 18.9 Å². The number of amides is 1. The fourth-order valence-electron chi connectivity index (χ4n) is 3.34. The van der Waals surface area contributed by atoms with Crippen molar-refractivity contribution in [3.05, 3.63) is 60.3 Å². The van der Waals surface area contributed by atoms with E-state index in [1.165, 1.54) is 6.20 Å². The number of hydrogen-bond acceptors (Lipinski definition) is 7. The van der Waals surface area contributed by atoms with E-state index in [2.05, 4.69) is 15.3 Å². The summed E-state index contributed by atoms with van der Waals surface area (Å²) in [6, 6.07) is 14.4. The third-order valence-electron chi connectivity index (χ3n) is 5.13. The fourth-order valence-corrected chi connectivity index (χ4v) is 3.34. The standard InChI is InChI=1S/C24H25N3O5/c1-29-17-7-5-16(6-8-17)22-25-15-21(23(28)26-14-20-4-3-13-31-20)24(27-22)32-19-11-9-18(30-2)10-12-19/h5-12,15,20H,3-4,13-14H2,1-2H3,(H,26,28). The minimum absolute atomic E-state index is 0.0318. The second kappa shape index (κ2) is 10.1. The SMILES string of the molecule is COc1ccc(Oc2nc(-c3ccc(OC)cc3)ncc2C(=O)NCC2CCCO2)cc1. The Labute approximate surface area is 186 Å². The van der Waals surface area contributed by atoms with Gasteiger partial charge in [-0.2, -0.15) is 4.98 Å². The molecule has 166 valence electrons. The lowest BCUT2D eigenvalue weighted by molar-refractivity contribution is 0.0855. The molecule has 1 aromatic heterocycles. The summed E-state index contributed by atoms with van der Waals surface area (Å²) in [5, 5.41) is 2.90. The van der Waals surface area contributed by atoms with Crippen LogP contribution in [0.1, 0.15) is 23.2 Å². The fraction of sp³-hybridized carbons (Fsp3) is 0.292. The average molecular weight is 435 g/mol. The molecular weight excluding hydrogens is 410 g/mol. The zero-order valence-electron chi connectivity index (χ0n) is 18.0. The van der Waals surface area contributed by atoms with E-state index in [4.69, 9.17) is 18.9 Å². The van der Waals surface area contributed by atoms with Gasteiger partial charge in [-0.25, -0.2) is 4.98 Å². The van der Waals surface area contributed by atoms with E-state index in [0.717, 1.165) is 30.8 Å². The smallest absolute Gasteiger partial charge is 0.258 e. The van der Waals surface area contributed by atoms with Gasteiger partial charge in [0.2, 0.25) is 5.88 Å². The average Bonchev–Trinajstić information content (AvgIpc) is 3.37. The Morgan fingerprint density at radius 1 is 1.03 bits per heavy atom. The van der Waals surface area contributed by atoms with Gasteiger partial charge in [0.25, 0.3) is 5.91 Å². The second-order valence-corrected chi connectivity index (χ2v) is 7.26. The monoisotopic (exact) mass is 435 g/mol. The minimum atomic E-state index is -0.315. The second-order valence-electron chi connectivity index (χ2n) is 7.26. The highest BCUT2D eigenvalue weighted by atomic mass is 16.5.